The Labute approximate surface area is 125 Å². The highest BCUT2D eigenvalue weighted by molar-refractivity contribution is 5.76. The van der Waals surface area contributed by atoms with Gasteiger partial charge in [0.15, 0.2) is 0 Å². The normalized spacial score (nSPS) is 18.2. The fourth-order valence-electron chi connectivity index (χ4n) is 3.12. The van der Waals surface area contributed by atoms with Crippen LogP contribution in [-0.2, 0) is 6.54 Å². The maximum absolute atomic E-state index is 13.6. The second-order valence-electron chi connectivity index (χ2n) is 5.72. The maximum Gasteiger partial charge on any atom is 0.127 e. The second-order valence-corrected chi connectivity index (χ2v) is 5.72. The van der Waals surface area contributed by atoms with Gasteiger partial charge in [-0.05, 0) is 31.5 Å². The van der Waals surface area contributed by atoms with Gasteiger partial charge in [-0.1, -0.05) is 6.92 Å². The van der Waals surface area contributed by atoms with Gasteiger partial charge in [0.25, 0.3) is 0 Å². The highest BCUT2D eigenvalue weighted by Gasteiger charge is 2.23. The summed E-state index contributed by atoms with van der Waals surface area (Å²) in [5, 5.41) is 3.38. The van der Waals surface area contributed by atoms with E-state index in [1.165, 1.54) is 6.07 Å². The zero-order chi connectivity index (χ0) is 14.8. The summed E-state index contributed by atoms with van der Waals surface area (Å²) in [6, 6.07) is 5.14. The summed E-state index contributed by atoms with van der Waals surface area (Å²) in [5.41, 5.74) is 1.80. The number of halogens is 1. The molecular weight excluding hydrogens is 267 g/mol. The molecule has 2 aromatic rings. The van der Waals surface area contributed by atoms with E-state index in [9.17, 15) is 4.39 Å². The van der Waals surface area contributed by atoms with Gasteiger partial charge in [0.2, 0.25) is 0 Å². The van der Waals surface area contributed by atoms with Crippen molar-refractivity contribution in [1.29, 1.82) is 0 Å². The number of rotatable bonds is 4. The van der Waals surface area contributed by atoms with Gasteiger partial charge >= 0.3 is 0 Å². The SMILES string of the molecule is CCCn1c(C(C)N2CCNCC2)nc2ccc(F)cc21. The van der Waals surface area contributed by atoms with E-state index < -0.39 is 0 Å². The lowest BCUT2D eigenvalue weighted by molar-refractivity contribution is 0.176. The molecule has 0 bridgehead atoms. The van der Waals surface area contributed by atoms with E-state index in [0.717, 1.165) is 56.0 Å². The number of imidazole rings is 1. The van der Waals surface area contributed by atoms with Gasteiger partial charge in [0, 0.05) is 32.7 Å². The fourth-order valence-corrected chi connectivity index (χ4v) is 3.12. The molecule has 2 heterocycles. The van der Waals surface area contributed by atoms with E-state index in [0.29, 0.717) is 0 Å². The van der Waals surface area contributed by atoms with Crippen molar-refractivity contribution in [2.45, 2.75) is 32.9 Å². The maximum atomic E-state index is 13.6. The molecule has 1 aliphatic rings. The average molecular weight is 290 g/mol. The van der Waals surface area contributed by atoms with Crippen molar-refractivity contribution in [2.75, 3.05) is 26.2 Å². The van der Waals surface area contributed by atoms with E-state index in [4.69, 9.17) is 4.98 Å². The van der Waals surface area contributed by atoms with Crippen LogP contribution in [0.25, 0.3) is 11.0 Å². The van der Waals surface area contributed by atoms with Crippen molar-refractivity contribution in [3.05, 3.63) is 29.8 Å². The lowest BCUT2D eigenvalue weighted by Crippen LogP contribution is -2.45. The molecule has 1 unspecified atom stereocenters. The Bertz CT molecular complexity index is 616. The fraction of sp³-hybridized carbons (Fsp3) is 0.562. The van der Waals surface area contributed by atoms with Gasteiger partial charge in [0.1, 0.15) is 11.6 Å². The zero-order valence-corrected chi connectivity index (χ0v) is 12.8. The Morgan fingerprint density at radius 2 is 2.10 bits per heavy atom. The van der Waals surface area contributed by atoms with Gasteiger partial charge in [-0.15, -0.1) is 0 Å². The molecule has 0 spiro atoms. The lowest BCUT2D eigenvalue weighted by Gasteiger charge is -2.32. The molecule has 3 rings (SSSR count). The quantitative estimate of drug-likeness (QED) is 0.939. The first kappa shape index (κ1) is 14.5. The first-order chi connectivity index (χ1) is 10.2. The minimum absolute atomic E-state index is 0.193. The van der Waals surface area contributed by atoms with Crippen LogP contribution >= 0.6 is 0 Å². The first-order valence-electron chi connectivity index (χ1n) is 7.81. The molecule has 1 atom stereocenters. The topological polar surface area (TPSA) is 33.1 Å². The van der Waals surface area contributed by atoms with Crippen LogP contribution in [0.1, 0.15) is 32.1 Å². The van der Waals surface area contributed by atoms with Gasteiger partial charge in [0.05, 0.1) is 17.1 Å². The van der Waals surface area contributed by atoms with Crippen LogP contribution in [0.5, 0.6) is 0 Å². The Morgan fingerprint density at radius 1 is 1.33 bits per heavy atom. The summed E-state index contributed by atoms with van der Waals surface area (Å²) in [4.78, 5) is 7.23. The van der Waals surface area contributed by atoms with Gasteiger partial charge in [-0.3, -0.25) is 4.90 Å². The molecular formula is C16H23FN4. The predicted octanol–water partition coefficient (Wildman–Crippen LogP) is 2.55. The number of fused-ring (bicyclic) bond motifs is 1. The summed E-state index contributed by atoms with van der Waals surface area (Å²) >= 11 is 0. The third-order valence-corrected chi connectivity index (χ3v) is 4.26. The van der Waals surface area contributed by atoms with Crippen LogP contribution in [0.2, 0.25) is 0 Å². The molecule has 1 fully saturated rings. The summed E-state index contributed by atoms with van der Waals surface area (Å²) < 4.78 is 15.7. The largest absolute Gasteiger partial charge is 0.327 e. The molecule has 0 amide bonds. The molecule has 1 aromatic heterocycles. The van der Waals surface area contributed by atoms with E-state index in [2.05, 4.69) is 28.6 Å². The summed E-state index contributed by atoms with van der Waals surface area (Å²) in [7, 11) is 0. The van der Waals surface area contributed by atoms with E-state index >= 15 is 0 Å². The highest BCUT2D eigenvalue weighted by Crippen LogP contribution is 2.26. The lowest BCUT2D eigenvalue weighted by atomic mass is 10.2. The van der Waals surface area contributed by atoms with Gasteiger partial charge in [-0.2, -0.15) is 0 Å². The molecule has 1 aromatic carbocycles. The molecule has 0 aliphatic carbocycles. The van der Waals surface area contributed by atoms with Crippen molar-refractivity contribution in [2.24, 2.45) is 0 Å². The minimum Gasteiger partial charge on any atom is -0.327 e. The number of nitrogens with zero attached hydrogens (tertiary/aromatic N) is 3. The van der Waals surface area contributed by atoms with Gasteiger partial charge in [-0.25, -0.2) is 9.37 Å². The number of aromatic nitrogens is 2. The number of aryl methyl sites for hydroxylation is 1. The predicted molar refractivity (Wildman–Crippen MR) is 82.8 cm³/mol. The Morgan fingerprint density at radius 3 is 2.81 bits per heavy atom. The van der Waals surface area contributed by atoms with Crippen LogP contribution in [0, 0.1) is 5.82 Å². The molecule has 5 heteroatoms. The van der Waals surface area contributed by atoms with Crippen molar-refractivity contribution >= 4 is 11.0 Å². The Balaban J connectivity index is 2.01. The zero-order valence-electron chi connectivity index (χ0n) is 12.8. The van der Waals surface area contributed by atoms with Crippen LogP contribution in [-0.4, -0.2) is 40.6 Å². The van der Waals surface area contributed by atoms with Crippen molar-refractivity contribution in [3.8, 4) is 0 Å². The van der Waals surface area contributed by atoms with Crippen LogP contribution in [0.15, 0.2) is 18.2 Å². The molecule has 21 heavy (non-hydrogen) atoms. The third-order valence-electron chi connectivity index (χ3n) is 4.26. The minimum atomic E-state index is -0.193. The molecule has 0 saturated carbocycles. The van der Waals surface area contributed by atoms with Crippen LogP contribution in [0.3, 0.4) is 0 Å². The molecule has 0 radical (unpaired) electrons. The summed E-state index contributed by atoms with van der Waals surface area (Å²) in [6.07, 6.45) is 1.02. The second kappa shape index (κ2) is 6.12. The van der Waals surface area contributed by atoms with Crippen molar-refractivity contribution in [1.82, 2.24) is 19.8 Å². The Kier molecular flexibility index (Phi) is 4.22. The number of benzene rings is 1. The molecule has 1 aliphatic heterocycles. The van der Waals surface area contributed by atoms with Crippen LogP contribution < -0.4 is 5.32 Å². The number of piperazine rings is 1. The first-order valence-corrected chi connectivity index (χ1v) is 7.81. The number of hydrogen-bond acceptors (Lipinski definition) is 3. The molecule has 114 valence electrons. The van der Waals surface area contributed by atoms with Crippen LogP contribution in [0.4, 0.5) is 4.39 Å². The van der Waals surface area contributed by atoms with E-state index in [1.807, 2.05) is 0 Å². The standard InChI is InChI=1S/C16H23FN4/c1-3-8-21-15-11-13(17)4-5-14(15)19-16(21)12(2)20-9-6-18-7-10-20/h4-5,11-12,18H,3,6-10H2,1-2H3. The average Bonchev–Trinajstić information content (AvgIpc) is 2.86. The van der Waals surface area contributed by atoms with Gasteiger partial charge < -0.3 is 9.88 Å². The summed E-state index contributed by atoms with van der Waals surface area (Å²) in [5.74, 6) is 0.862. The number of nitrogens with one attached hydrogen (secondary N) is 1. The van der Waals surface area contributed by atoms with E-state index in [1.54, 1.807) is 12.1 Å². The smallest absolute Gasteiger partial charge is 0.127 e. The summed E-state index contributed by atoms with van der Waals surface area (Å²) in [6.45, 7) is 9.33. The van der Waals surface area contributed by atoms with Crippen molar-refractivity contribution in [3.63, 3.8) is 0 Å². The van der Waals surface area contributed by atoms with E-state index in [-0.39, 0.29) is 11.9 Å². The monoisotopic (exact) mass is 290 g/mol. The Hall–Kier alpha value is -1.46. The molecule has 4 nitrogen and oxygen atoms in total. The number of hydrogen-bond donors (Lipinski definition) is 1. The third kappa shape index (κ3) is 2.80. The molecule has 1 saturated heterocycles. The van der Waals surface area contributed by atoms with Crippen molar-refractivity contribution < 1.29 is 4.39 Å². The highest BCUT2D eigenvalue weighted by atomic mass is 19.1. The molecule has 1 N–H and O–H groups in total.